The number of furan rings is 1. The number of hydrogen-bond donors (Lipinski definition) is 2. The zero-order chi connectivity index (χ0) is 31.9. The van der Waals surface area contributed by atoms with Gasteiger partial charge in [0.05, 0.1) is 23.1 Å². The summed E-state index contributed by atoms with van der Waals surface area (Å²) in [5, 5.41) is 4.77. The van der Waals surface area contributed by atoms with Crippen molar-refractivity contribution in [2.24, 2.45) is 0 Å². The van der Waals surface area contributed by atoms with Gasteiger partial charge in [0.25, 0.3) is 11.8 Å². The van der Waals surface area contributed by atoms with Crippen molar-refractivity contribution in [1.82, 2.24) is 5.32 Å². The molecule has 0 spiro atoms. The van der Waals surface area contributed by atoms with Crippen LogP contribution >= 0.6 is 11.8 Å². The molecule has 5 rings (SSSR count). The van der Waals surface area contributed by atoms with Crippen molar-refractivity contribution in [3.63, 3.8) is 0 Å². The number of carbonyl (C=O) groups excluding carboxylic acids is 5. The second-order valence-corrected chi connectivity index (χ2v) is 11.2. The molecule has 1 fully saturated rings. The fourth-order valence-corrected chi connectivity index (χ4v) is 5.67. The minimum atomic E-state index is -0.684. The van der Waals surface area contributed by atoms with E-state index in [0.29, 0.717) is 38.9 Å². The summed E-state index contributed by atoms with van der Waals surface area (Å²) < 4.78 is 10.6. The van der Waals surface area contributed by atoms with Crippen LogP contribution in [0.5, 0.6) is 0 Å². The summed E-state index contributed by atoms with van der Waals surface area (Å²) >= 11 is 1.20. The molecule has 0 aliphatic carbocycles. The van der Waals surface area contributed by atoms with E-state index in [1.165, 1.54) is 42.1 Å². The number of imide groups is 1. The number of rotatable bonds is 10. The Balaban J connectivity index is 1.28. The Kier molecular flexibility index (Phi) is 9.59. The first-order chi connectivity index (χ1) is 21.7. The lowest BCUT2D eigenvalue weighted by molar-refractivity contribution is -0.121. The van der Waals surface area contributed by atoms with Crippen LogP contribution in [-0.4, -0.2) is 41.5 Å². The van der Waals surface area contributed by atoms with Crippen LogP contribution in [-0.2, 0) is 19.1 Å². The number of amides is 4. The molecule has 1 saturated heterocycles. The molecular weight excluding hydrogens is 594 g/mol. The van der Waals surface area contributed by atoms with Crippen molar-refractivity contribution in [1.29, 1.82) is 0 Å². The van der Waals surface area contributed by atoms with E-state index in [9.17, 15) is 24.0 Å². The Morgan fingerprint density at radius 1 is 0.956 bits per heavy atom. The standard InChI is InChI=1S/C34H29N3O7S/c1-3-43-34(42)23-13-15-25(16-14-23)37-30(38)20-29(33(37)41)45-27-11-7-10-24(18-27)35-32(40)28(19-26-17-12-21(2)44-26)36-31(39)22-8-5-4-6-9-22/h4-19,29H,3,20H2,1-2H3,(H,35,40)(H,36,39). The molecule has 2 N–H and O–H groups in total. The van der Waals surface area contributed by atoms with E-state index in [1.54, 1.807) is 80.6 Å². The Hall–Kier alpha value is -5.42. The van der Waals surface area contributed by atoms with E-state index in [0.717, 1.165) is 4.90 Å². The van der Waals surface area contributed by atoms with Crippen molar-refractivity contribution in [2.45, 2.75) is 30.4 Å². The van der Waals surface area contributed by atoms with Crippen LogP contribution in [0, 0.1) is 6.92 Å². The first-order valence-electron chi connectivity index (χ1n) is 14.1. The zero-order valence-electron chi connectivity index (χ0n) is 24.4. The number of nitrogens with zero attached hydrogens (tertiary/aromatic N) is 1. The predicted molar refractivity (Wildman–Crippen MR) is 170 cm³/mol. The van der Waals surface area contributed by atoms with Gasteiger partial charge in [-0.3, -0.25) is 19.2 Å². The Labute approximate surface area is 263 Å². The third-order valence-corrected chi connectivity index (χ3v) is 7.87. The van der Waals surface area contributed by atoms with Gasteiger partial charge in [0.1, 0.15) is 17.2 Å². The number of hydrogen-bond acceptors (Lipinski definition) is 8. The van der Waals surface area contributed by atoms with Crippen molar-refractivity contribution >= 4 is 58.8 Å². The summed E-state index contributed by atoms with van der Waals surface area (Å²) in [6, 6.07) is 24.9. The highest BCUT2D eigenvalue weighted by molar-refractivity contribution is 8.00. The fraction of sp³-hybridized carbons (Fsp3) is 0.147. The van der Waals surface area contributed by atoms with Crippen LogP contribution < -0.4 is 15.5 Å². The molecule has 4 aromatic rings. The molecule has 0 saturated carbocycles. The summed E-state index contributed by atoms with van der Waals surface area (Å²) in [7, 11) is 0. The average molecular weight is 624 g/mol. The van der Waals surface area contributed by atoms with Crippen molar-refractivity contribution in [2.75, 3.05) is 16.8 Å². The number of aryl methyl sites for hydroxylation is 1. The molecule has 2 heterocycles. The predicted octanol–water partition coefficient (Wildman–Crippen LogP) is 5.60. The first kappa shape index (κ1) is 31.0. The number of esters is 1. The molecule has 4 amide bonds. The molecule has 45 heavy (non-hydrogen) atoms. The van der Waals surface area contributed by atoms with Gasteiger partial charge in [-0.25, -0.2) is 9.69 Å². The number of carbonyl (C=O) groups is 5. The molecule has 10 nitrogen and oxygen atoms in total. The van der Waals surface area contributed by atoms with Gasteiger partial charge in [-0.1, -0.05) is 24.3 Å². The monoisotopic (exact) mass is 623 g/mol. The lowest BCUT2D eigenvalue weighted by Gasteiger charge is -2.15. The molecule has 0 radical (unpaired) electrons. The Bertz CT molecular complexity index is 1780. The summed E-state index contributed by atoms with van der Waals surface area (Å²) in [6.07, 6.45) is 1.43. The van der Waals surface area contributed by atoms with Gasteiger partial charge in [0, 0.05) is 28.6 Å². The topological polar surface area (TPSA) is 135 Å². The van der Waals surface area contributed by atoms with Crippen molar-refractivity contribution < 1.29 is 33.1 Å². The van der Waals surface area contributed by atoms with E-state index < -0.39 is 23.0 Å². The van der Waals surface area contributed by atoms with Crippen LogP contribution in [0.1, 0.15) is 45.6 Å². The number of anilines is 2. The smallest absolute Gasteiger partial charge is 0.338 e. The van der Waals surface area contributed by atoms with Gasteiger partial charge in [-0.15, -0.1) is 11.8 Å². The van der Waals surface area contributed by atoms with E-state index >= 15 is 0 Å². The highest BCUT2D eigenvalue weighted by atomic mass is 32.2. The quantitative estimate of drug-likeness (QED) is 0.132. The number of ether oxygens (including phenoxy) is 1. The van der Waals surface area contributed by atoms with Crippen LogP contribution in [0.4, 0.5) is 11.4 Å². The molecule has 0 bridgehead atoms. The van der Waals surface area contributed by atoms with Crippen LogP contribution in [0.2, 0.25) is 0 Å². The SMILES string of the molecule is CCOC(=O)c1ccc(N2C(=O)CC(Sc3cccc(NC(=O)C(=Cc4ccc(C)o4)NC(=O)c4ccccc4)c3)C2=O)cc1. The summed E-state index contributed by atoms with van der Waals surface area (Å²) in [5.74, 6) is -1.24. The zero-order valence-corrected chi connectivity index (χ0v) is 25.3. The second-order valence-electron chi connectivity index (χ2n) is 9.95. The molecule has 11 heteroatoms. The van der Waals surface area contributed by atoms with E-state index in [2.05, 4.69) is 10.6 Å². The minimum Gasteiger partial charge on any atom is -0.462 e. The number of thioether (sulfide) groups is 1. The fourth-order valence-electron chi connectivity index (χ4n) is 4.55. The summed E-state index contributed by atoms with van der Waals surface area (Å²) in [5.41, 5.74) is 1.46. The molecule has 3 aromatic carbocycles. The normalized spacial score (nSPS) is 14.8. The highest BCUT2D eigenvalue weighted by Gasteiger charge is 2.40. The second kappa shape index (κ2) is 13.9. The van der Waals surface area contributed by atoms with E-state index in [-0.39, 0.29) is 30.5 Å². The largest absolute Gasteiger partial charge is 0.462 e. The molecule has 1 aromatic heterocycles. The lowest BCUT2D eigenvalue weighted by Crippen LogP contribution is -2.31. The van der Waals surface area contributed by atoms with Crippen molar-refractivity contribution in [3.8, 4) is 0 Å². The van der Waals surface area contributed by atoms with Gasteiger partial charge in [-0.05, 0) is 80.6 Å². The molecule has 1 aliphatic rings. The first-order valence-corrected chi connectivity index (χ1v) is 15.0. The molecule has 1 aliphatic heterocycles. The third-order valence-electron chi connectivity index (χ3n) is 6.69. The van der Waals surface area contributed by atoms with E-state index in [4.69, 9.17) is 9.15 Å². The molecule has 1 unspecified atom stereocenters. The Morgan fingerprint density at radius 3 is 2.40 bits per heavy atom. The Morgan fingerprint density at radius 2 is 1.71 bits per heavy atom. The average Bonchev–Trinajstić information content (AvgIpc) is 3.57. The van der Waals surface area contributed by atoms with Gasteiger partial charge in [0.2, 0.25) is 11.8 Å². The van der Waals surface area contributed by atoms with Gasteiger partial charge < -0.3 is 19.8 Å². The molecule has 228 valence electrons. The van der Waals surface area contributed by atoms with Crippen molar-refractivity contribution in [3.05, 3.63) is 119 Å². The lowest BCUT2D eigenvalue weighted by atomic mass is 10.2. The van der Waals surface area contributed by atoms with Gasteiger partial charge in [0.15, 0.2) is 0 Å². The molecule has 1 atom stereocenters. The van der Waals surface area contributed by atoms with E-state index in [1.807, 2.05) is 0 Å². The van der Waals surface area contributed by atoms with Gasteiger partial charge >= 0.3 is 5.97 Å². The molecular formula is C34H29N3O7S. The maximum atomic E-state index is 13.4. The summed E-state index contributed by atoms with van der Waals surface area (Å²) in [4.78, 5) is 66.0. The van der Waals surface area contributed by atoms with Crippen LogP contribution in [0.3, 0.4) is 0 Å². The van der Waals surface area contributed by atoms with Crippen LogP contribution in [0.25, 0.3) is 6.08 Å². The van der Waals surface area contributed by atoms with Gasteiger partial charge in [-0.2, -0.15) is 0 Å². The minimum absolute atomic E-state index is 0.0132. The maximum absolute atomic E-state index is 13.4. The number of benzene rings is 3. The summed E-state index contributed by atoms with van der Waals surface area (Å²) in [6.45, 7) is 3.72. The highest BCUT2D eigenvalue weighted by Crippen LogP contribution is 2.35. The number of nitrogens with one attached hydrogen (secondary N) is 2. The maximum Gasteiger partial charge on any atom is 0.338 e. The van der Waals surface area contributed by atoms with Crippen LogP contribution in [0.15, 0.2) is 106 Å². The third kappa shape index (κ3) is 7.57.